The largest absolute Gasteiger partial charge is 0.491 e. The molecule has 0 spiro atoms. The van der Waals surface area contributed by atoms with Gasteiger partial charge in [0, 0.05) is 5.02 Å². The maximum Gasteiger partial charge on any atom is 0.338 e. The van der Waals surface area contributed by atoms with Crippen molar-refractivity contribution in [3.63, 3.8) is 0 Å². The number of carbonyl (C=O) groups excluding carboxylic acids is 1. The van der Waals surface area contributed by atoms with E-state index in [1.807, 2.05) is 6.92 Å². The van der Waals surface area contributed by atoms with E-state index in [0.29, 0.717) is 28.7 Å². The Bertz CT molecular complexity index is 670. The van der Waals surface area contributed by atoms with Crippen LogP contribution in [0.15, 0.2) is 48.5 Å². The lowest BCUT2D eigenvalue weighted by atomic mass is 10.2. The van der Waals surface area contributed by atoms with E-state index in [1.165, 1.54) is 0 Å². The molecule has 1 atom stereocenters. The van der Waals surface area contributed by atoms with E-state index in [1.54, 1.807) is 48.5 Å². The molecule has 0 amide bonds. The van der Waals surface area contributed by atoms with Crippen molar-refractivity contribution in [2.45, 2.75) is 25.9 Å². The van der Waals surface area contributed by atoms with Gasteiger partial charge in [0.05, 0.1) is 12.2 Å². The highest BCUT2D eigenvalue weighted by molar-refractivity contribution is 6.30. The zero-order valence-electron chi connectivity index (χ0n) is 14.7. The first-order valence-corrected chi connectivity index (χ1v) is 8.92. The number of aliphatic hydroxyl groups is 1. The van der Waals surface area contributed by atoms with Crippen molar-refractivity contribution in [3.05, 3.63) is 59.1 Å². The SMILES string of the molecule is CCCCOC(=O)c1ccc(OCC(O)COc2ccc(Cl)cc2)cc1. The standard InChI is InChI=1S/C20H23ClO5/c1-2-3-12-24-20(23)15-4-8-18(9-5-15)25-13-17(22)14-26-19-10-6-16(21)7-11-19/h4-11,17,22H,2-3,12-14H2,1H3. The Labute approximate surface area is 158 Å². The van der Waals surface area contributed by atoms with Gasteiger partial charge in [0.15, 0.2) is 0 Å². The number of hydrogen-bond donors (Lipinski definition) is 1. The highest BCUT2D eigenvalue weighted by atomic mass is 35.5. The summed E-state index contributed by atoms with van der Waals surface area (Å²) >= 11 is 5.80. The Balaban J connectivity index is 1.72. The predicted molar refractivity (Wildman–Crippen MR) is 100 cm³/mol. The number of unbranched alkanes of at least 4 members (excludes halogenated alkanes) is 1. The Kier molecular flexibility index (Phi) is 8.25. The van der Waals surface area contributed by atoms with Crippen LogP contribution >= 0.6 is 11.6 Å². The van der Waals surface area contributed by atoms with Crippen LogP contribution in [0.5, 0.6) is 11.5 Å². The molecule has 0 aliphatic rings. The van der Waals surface area contributed by atoms with Gasteiger partial charge >= 0.3 is 5.97 Å². The van der Waals surface area contributed by atoms with Crippen LogP contribution in [0.25, 0.3) is 0 Å². The van der Waals surface area contributed by atoms with E-state index in [2.05, 4.69) is 0 Å². The summed E-state index contributed by atoms with van der Waals surface area (Å²) in [4.78, 5) is 11.8. The minimum Gasteiger partial charge on any atom is -0.491 e. The second-order valence-electron chi connectivity index (χ2n) is 5.74. The molecule has 0 aromatic heterocycles. The molecule has 6 heteroatoms. The number of rotatable bonds is 10. The molecule has 2 aromatic carbocycles. The van der Waals surface area contributed by atoms with E-state index in [4.69, 9.17) is 25.8 Å². The van der Waals surface area contributed by atoms with Gasteiger partial charge in [0.2, 0.25) is 0 Å². The number of ether oxygens (including phenoxy) is 3. The minimum atomic E-state index is -0.788. The first kappa shape index (κ1) is 20.1. The summed E-state index contributed by atoms with van der Waals surface area (Å²) in [5.41, 5.74) is 0.472. The molecule has 2 aromatic rings. The fourth-order valence-electron chi connectivity index (χ4n) is 2.04. The quantitative estimate of drug-likeness (QED) is 0.497. The zero-order valence-corrected chi connectivity index (χ0v) is 15.4. The summed E-state index contributed by atoms with van der Waals surface area (Å²) in [5.74, 6) is 0.835. The number of halogens is 1. The van der Waals surface area contributed by atoms with Gasteiger partial charge in [0.1, 0.15) is 30.8 Å². The third kappa shape index (κ3) is 6.94. The molecule has 0 bridgehead atoms. The number of aliphatic hydroxyl groups excluding tert-OH is 1. The first-order valence-electron chi connectivity index (χ1n) is 8.55. The van der Waals surface area contributed by atoms with Crippen LogP contribution in [-0.4, -0.2) is 37.0 Å². The van der Waals surface area contributed by atoms with Crippen LogP contribution in [0.3, 0.4) is 0 Å². The molecule has 1 unspecified atom stereocenters. The lowest BCUT2D eigenvalue weighted by molar-refractivity contribution is 0.0499. The van der Waals surface area contributed by atoms with E-state index in [0.717, 1.165) is 12.8 Å². The first-order chi connectivity index (χ1) is 12.6. The average molecular weight is 379 g/mol. The molecule has 0 aliphatic carbocycles. The third-order valence-corrected chi connectivity index (χ3v) is 3.77. The highest BCUT2D eigenvalue weighted by Crippen LogP contribution is 2.16. The second kappa shape index (κ2) is 10.7. The van der Waals surface area contributed by atoms with E-state index < -0.39 is 6.10 Å². The van der Waals surface area contributed by atoms with Crippen LogP contribution in [0.2, 0.25) is 5.02 Å². The molecule has 0 saturated heterocycles. The van der Waals surface area contributed by atoms with Crippen molar-refractivity contribution in [1.29, 1.82) is 0 Å². The third-order valence-electron chi connectivity index (χ3n) is 3.52. The van der Waals surface area contributed by atoms with Crippen molar-refractivity contribution in [2.24, 2.45) is 0 Å². The Morgan fingerprint density at radius 3 is 2.08 bits per heavy atom. The maximum absolute atomic E-state index is 11.8. The van der Waals surface area contributed by atoms with Gasteiger partial charge in [-0.3, -0.25) is 0 Å². The molecule has 5 nitrogen and oxygen atoms in total. The van der Waals surface area contributed by atoms with Crippen LogP contribution in [-0.2, 0) is 4.74 Å². The second-order valence-corrected chi connectivity index (χ2v) is 6.18. The molecule has 26 heavy (non-hydrogen) atoms. The Morgan fingerprint density at radius 1 is 1.00 bits per heavy atom. The molecule has 2 rings (SSSR count). The molecule has 140 valence electrons. The zero-order chi connectivity index (χ0) is 18.8. The van der Waals surface area contributed by atoms with Crippen molar-refractivity contribution >= 4 is 17.6 Å². The molecule has 1 N–H and O–H groups in total. The molecular formula is C20H23ClO5. The van der Waals surface area contributed by atoms with E-state index in [9.17, 15) is 9.90 Å². The summed E-state index contributed by atoms with van der Waals surface area (Å²) in [6.45, 7) is 2.64. The smallest absolute Gasteiger partial charge is 0.338 e. The number of benzene rings is 2. The van der Waals surface area contributed by atoms with Crippen molar-refractivity contribution < 1.29 is 24.1 Å². The van der Waals surface area contributed by atoms with Crippen LogP contribution in [0, 0.1) is 0 Å². The van der Waals surface area contributed by atoms with Crippen LogP contribution < -0.4 is 9.47 Å². The lowest BCUT2D eigenvalue weighted by Gasteiger charge is -2.14. The summed E-state index contributed by atoms with van der Waals surface area (Å²) < 4.78 is 16.1. The van der Waals surface area contributed by atoms with Crippen LogP contribution in [0.4, 0.5) is 0 Å². The highest BCUT2D eigenvalue weighted by Gasteiger charge is 2.09. The van der Waals surface area contributed by atoms with E-state index in [-0.39, 0.29) is 19.2 Å². The minimum absolute atomic E-state index is 0.0773. The van der Waals surface area contributed by atoms with Gasteiger partial charge in [-0.2, -0.15) is 0 Å². The van der Waals surface area contributed by atoms with Crippen molar-refractivity contribution in [3.8, 4) is 11.5 Å². The van der Waals surface area contributed by atoms with Gasteiger partial charge < -0.3 is 19.3 Å². The predicted octanol–water partition coefficient (Wildman–Crippen LogP) is 4.12. The van der Waals surface area contributed by atoms with E-state index >= 15 is 0 Å². The number of esters is 1. The molecular weight excluding hydrogens is 356 g/mol. The summed E-state index contributed by atoms with van der Waals surface area (Å²) in [6.07, 6.45) is 1.04. The fraction of sp³-hybridized carbons (Fsp3) is 0.350. The summed E-state index contributed by atoms with van der Waals surface area (Å²) in [7, 11) is 0. The molecule has 0 saturated carbocycles. The maximum atomic E-state index is 11.8. The van der Waals surface area contributed by atoms with Crippen molar-refractivity contribution in [2.75, 3.05) is 19.8 Å². The summed E-state index contributed by atoms with van der Waals surface area (Å²) in [6, 6.07) is 13.5. The Hall–Kier alpha value is -2.24. The van der Waals surface area contributed by atoms with Gasteiger partial charge in [-0.25, -0.2) is 4.79 Å². The van der Waals surface area contributed by atoms with Gasteiger partial charge in [-0.05, 0) is 55.0 Å². The van der Waals surface area contributed by atoms with Crippen LogP contribution in [0.1, 0.15) is 30.1 Å². The topological polar surface area (TPSA) is 65.0 Å². The lowest BCUT2D eigenvalue weighted by Crippen LogP contribution is -2.25. The molecule has 0 heterocycles. The molecule has 0 fully saturated rings. The Morgan fingerprint density at radius 2 is 1.54 bits per heavy atom. The monoisotopic (exact) mass is 378 g/mol. The fourth-order valence-corrected chi connectivity index (χ4v) is 2.17. The van der Waals surface area contributed by atoms with Gasteiger partial charge in [-0.15, -0.1) is 0 Å². The van der Waals surface area contributed by atoms with Gasteiger partial charge in [0.25, 0.3) is 0 Å². The van der Waals surface area contributed by atoms with Gasteiger partial charge in [-0.1, -0.05) is 24.9 Å². The molecule has 0 radical (unpaired) electrons. The normalized spacial score (nSPS) is 11.7. The number of carbonyl (C=O) groups is 1. The average Bonchev–Trinajstić information content (AvgIpc) is 2.66. The van der Waals surface area contributed by atoms with Crippen molar-refractivity contribution in [1.82, 2.24) is 0 Å². The molecule has 0 aliphatic heterocycles. The summed E-state index contributed by atoms with van der Waals surface area (Å²) in [5, 5.41) is 10.6. The number of hydrogen-bond acceptors (Lipinski definition) is 5.